The smallest absolute Gasteiger partial charge is 0.323 e. The van der Waals surface area contributed by atoms with Gasteiger partial charge in [0.15, 0.2) is 5.76 Å². The first-order valence-electron chi connectivity index (χ1n) is 13.5. The van der Waals surface area contributed by atoms with E-state index in [-0.39, 0.29) is 42.8 Å². The Morgan fingerprint density at radius 2 is 1.83 bits per heavy atom. The highest BCUT2D eigenvalue weighted by Gasteiger charge is 2.34. The van der Waals surface area contributed by atoms with Crippen LogP contribution in [0.3, 0.4) is 0 Å². The van der Waals surface area contributed by atoms with Gasteiger partial charge in [0.05, 0.1) is 24.8 Å². The van der Waals surface area contributed by atoms with Crippen molar-refractivity contribution < 1.29 is 33.1 Å². The SMILES string of the molecule is Cc1noc(C)c1NC(=O)Nc1ccc2c(c1)C(=O)N([C@@H](C)CO)C[C@H](C)[C@H](CN(C)C(=O)Nc1ccc(F)cc1)O2. The number of nitrogens with zero attached hydrogens (tertiary/aromatic N) is 3. The van der Waals surface area contributed by atoms with Crippen molar-refractivity contribution in [3.8, 4) is 5.75 Å². The van der Waals surface area contributed by atoms with Gasteiger partial charge in [-0.05, 0) is 63.2 Å². The van der Waals surface area contributed by atoms with Crippen molar-refractivity contribution in [1.29, 1.82) is 0 Å². The van der Waals surface area contributed by atoms with Crippen LogP contribution in [-0.4, -0.2) is 76.9 Å². The lowest BCUT2D eigenvalue weighted by atomic mass is 9.99. The standard InChI is InChI=1S/C29H35FN6O6/c1-16-13-36(17(2)15-37)27(38)23-12-22(31-28(39)33-26-18(3)34-42-19(26)4)10-11-24(23)41-25(16)14-35(5)29(40)32-21-8-6-20(30)7-9-21/h6-12,16-17,25,37H,13-15H2,1-5H3,(H,32,40)(H2,31,33,39)/t16-,17-,25-/m0/s1. The highest BCUT2D eigenvalue weighted by Crippen LogP contribution is 2.31. The second kappa shape index (κ2) is 12.9. The summed E-state index contributed by atoms with van der Waals surface area (Å²) >= 11 is 0. The van der Waals surface area contributed by atoms with E-state index in [1.807, 2.05) is 6.92 Å². The number of fused-ring (bicyclic) bond motifs is 1. The number of halogens is 1. The molecule has 0 saturated heterocycles. The van der Waals surface area contributed by atoms with Crippen LogP contribution in [0.4, 0.5) is 31.0 Å². The molecule has 2 aromatic carbocycles. The van der Waals surface area contributed by atoms with Gasteiger partial charge in [-0.2, -0.15) is 0 Å². The summed E-state index contributed by atoms with van der Waals surface area (Å²) in [7, 11) is 1.61. The van der Waals surface area contributed by atoms with Gasteiger partial charge < -0.3 is 40.1 Å². The zero-order chi connectivity index (χ0) is 30.6. The number of ether oxygens (including phenoxy) is 1. The average Bonchev–Trinajstić information content (AvgIpc) is 3.27. The van der Waals surface area contributed by atoms with E-state index in [9.17, 15) is 23.9 Å². The highest BCUT2D eigenvalue weighted by atomic mass is 19.1. The van der Waals surface area contributed by atoms with Gasteiger partial charge in [0.1, 0.15) is 29.1 Å². The molecule has 224 valence electrons. The Bertz CT molecular complexity index is 1430. The van der Waals surface area contributed by atoms with Crippen LogP contribution in [0, 0.1) is 25.6 Å². The maximum absolute atomic E-state index is 13.7. The molecule has 0 unspecified atom stereocenters. The molecule has 1 aromatic heterocycles. The van der Waals surface area contributed by atoms with Crippen molar-refractivity contribution in [2.24, 2.45) is 5.92 Å². The lowest BCUT2D eigenvalue weighted by molar-refractivity contribution is 0.0371. The molecule has 5 amide bonds. The number of likely N-dealkylation sites (N-methyl/N-ethyl adjacent to an activating group) is 1. The van der Waals surface area contributed by atoms with Crippen molar-refractivity contribution >= 4 is 35.0 Å². The fourth-order valence-corrected chi connectivity index (χ4v) is 4.56. The Morgan fingerprint density at radius 3 is 2.48 bits per heavy atom. The van der Waals surface area contributed by atoms with E-state index in [4.69, 9.17) is 9.26 Å². The number of aliphatic hydroxyl groups is 1. The second-order valence-corrected chi connectivity index (χ2v) is 10.4. The first-order valence-corrected chi connectivity index (χ1v) is 13.5. The lowest BCUT2D eigenvalue weighted by Gasteiger charge is -2.38. The van der Waals surface area contributed by atoms with E-state index in [2.05, 4.69) is 21.1 Å². The second-order valence-electron chi connectivity index (χ2n) is 10.4. The minimum absolute atomic E-state index is 0.170. The molecule has 1 aliphatic heterocycles. The van der Waals surface area contributed by atoms with Crippen LogP contribution in [0.15, 0.2) is 47.0 Å². The minimum Gasteiger partial charge on any atom is -0.487 e. The Hall–Kier alpha value is -4.65. The summed E-state index contributed by atoms with van der Waals surface area (Å²) in [6.07, 6.45) is -0.532. The number of carbonyl (C=O) groups excluding carboxylic acids is 3. The topological polar surface area (TPSA) is 149 Å². The van der Waals surface area contributed by atoms with Crippen molar-refractivity contribution in [1.82, 2.24) is 15.0 Å². The van der Waals surface area contributed by atoms with Crippen molar-refractivity contribution in [2.75, 3.05) is 42.7 Å². The van der Waals surface area contributed by atoms with Crippen LogP contribution in [0.5, 0.6) is 5.75 Å². The van der Waals surface area contributed by atoms with Gasteiger partial charge in [-0.15, -0.1) is 0 Å². The molecule has 3 atom stereocenters. The quantitative estimate of drug-likeness (QED) is 0.321. The zero-order valence-electron chi connectivity index (χ0n) is 24.1. The molecular formula is C29H35FN6O6. The zero-order valence-corrected chi connectivity index (χ0v) is 24.1. The molecule has 0 spiro atoms. The molecule has 12 nitrogen and oxygen atoms in total. The number of carbonyl (C=O) groups is 3. The number of aryl methyl sites for hydroxylation is 2. The number of urea groups is 2. The molecule has 0 radical (unpaired) electrons. The number of anilines is 3. The largest absolute Gasteiger partial charge is 0.487 e. The molecule has 0 saturated carbocycles. The summed E-state index contributed by atoms with van der Waals surface area (Å²) in [5, 5.41) is 21.8. The van der Waals surface area contributed by atoms with Gasteiger partial charge >= 0.3 is 12.1 Å². The van der Waals surface area contributed by atoms with E-state index in [1.165, 1.54) is 35.2 Å². The van der Waals surface area contributed by atoms with Crippen LogP contribution in [0.25, 0.3) is 0 Å². The summed E-state index contributed by atoms with van der Waals surface area (Å²) in [4.78, 5) is 42.2. The fraction of sp³-hybridized carbons (Fsp3) is 0.379. The molecule has 4 rings (SSSR count). The van der Waals surface area contributed by atoms with Crippen LogP contribution in [-0.2, 0) is 0 Å². The van der Waals surface area contributed by atoms with E-state index in [0.717, 1.165) is 0 Å². The maximum Gasteiger partial charge on any atom is 0.323 e. The van der Waals surface area contributed by atoms with Gasteiger partial charge in [-0.25, -0.2) is 14.0 Å². The summed E-state index contributed by atoms with van der Waals surface area (Å²) in [5.41, 5.74) is 1.95. The number of hydrogen-bond donors (Lipinski definition) is 4. The number of aromatic nitrogens is 1. The Morgan fingerprint density at radius 1 is 1.14 bits per heavy atom. The summed E-state index contributed by atoms with van der Waals surface area (Å²) < 4.78 is 24.6. The molecule has 4 N–H and O–H groups in total. The van der Waals surface area contributed by atoms with Crippen LogP contribution in [0.2, 0.25) is 0 Å². The Labute approximate surface area is 242 Å². The molecule has 0 aliphatic carbocycles. The van der Waals surface area contributed by atoms with Crippen molar-refractivity contribution in [2.45, 2.75) is 39.8 Å². The first-order chi connectivity index (χ1) is 20.0. The van der Waals surface area contributed by atoms with E-state index < -0.39 is 30.0 Å². The van der Waals surface area contributed by atoms with Crippen molar-refractivity contribution in [3.63, 3.8) is 0 Å². The van der Waals surface area contributed by atoms with Gasteiger partial charge in [0, 0.05) is 30.9 Å². The monoisotopic (exact) mass is 582 g/mol. The van der Waals surface area contributed by atoms with Gasteiger partial charge in [0.25, 0.3) is 5.91 Å². The maximum atomic E-state index is 13.7. The highest BCUT2D eigenvalue weighted by molar-refractivity contribution is 6.03. The number of amides is 5. The third-order valence-corrected chi connectivity index (χ3v) is 7.09. The molecular weight excluding hydrogens is 547 g/mol. The van der Waals surface area contributed by atoms with Crippen molar-refractivity contribution in [3.05, 3.63) is 65.3 Å². The Kier molecular flexibility index (Phi) is 9.31. The van der Waals surface area contributed by atoms with Crippen LogP contribution in [0.1, 0.15) is 35.7 Å². The molecule has 42 heavy (non-hydrogen) atoms. The van der Waals surface area contributed by atoms with E-state index in [0.29, 0.717) is 28.5 Å². The average molecular weight is 583 g/mol. The minimum atomic E-state index is -0.551. The number of aliphatic hydroxyl groups excluding tert-OH is 1. The van der Waals surface area contributed by atoms with E-state index in [1.54, 1.807) is 44.9 Å². The number of hydrogen-bond acceptors (Lipinski definition) is 7. The van der Waals surface area contributed by atoms with Gasteiger partial charge in [0.2, 0.25) is 0 Å². The normalized spacial score (nSPS) is 17.3. The summed E-state index contributed by atoms with van der Waals surface area (Å²) in [5.74, 6) is -0.275. The Balaban J connectivity index is 1.55. The van der Waals surface area contributed by atoms with Gasteiger partial charge in [-0.3, -0.25) is 4.79 Å². The molecule has 2 heterocycles. The predicted molar refractivity (Wildman–Crippen MR) is 154 cm³/mol. The third-order valence-electron chi connectivity index (χ3n) is 7.09. The molecule has 13 heteroatoms. The molecule has 1 aliphatic rings. The molecule has 0 fully saturated rings. The van der Waals surface area contributed by atoms with Crippen LogP contribution >= 0.6 is 0 Å². The number of rotatable bonds is 7. The molecule has 0 bridgehead atoms. The van der Waals surface area contributed by atoms with E-state index >= 15 is 0 Å². The fourth-order valence-electron chi connectivity index (χ4n) is 4.56. The molecule has 3 aromatic rings. The third kappa shape index (κ3) is 6.97. The number of nitrogens with one attached hydrogen (secondary N) is 3. The van der Waals surface area contributed by atoms with Gasteiger partial charge in [-0.1, -0.05) is 12.1 Å². The summed E-state index contributed by atoms with van der Waals surface area (Å²) in [6, 6.07) is 8.68. The predicted octanol–water partition coefficient (Wildman–Crippen LogP) is 4.46. The lowest BCUT2D eigenvalue weighted by Crippen LogP contribution is -2.50. The summed E-state index contributed by atoms with van der Waals surface area (Å²) in [6.45, 7) is 7.19. The first kappa shape index (κ1) is 30.3. The number of benzene rings is 2. The van der Waals surface area contributed by atoms with Crippen LogP contribution < -0.4 is 20.7 Å².